The Bertz CT molecular complexity index is 512. The van der Waals surface area contributed by atoms with Gasteiger partial charge < -0.3 is 0 Å². The van der Waals surface area contributed by atoms with Crippen molar-refractivity contribution in [3.63, 3.8) is 0 Å². The monoisotopic (exact) mass is 288 g/mol. The molecule has 0 spiro atoms. The van der Waals surface area contributed by atoms with Crippen LogP contribution in [0.1, 0.15) is 32.6 Å². The third kappa shape index (κ3) is 2.61. The Balaban J connectivity index is 2.40. The largest absolute Gasteiger partial charge is 0.0786 e. The number of hydrogen-bond acceptors (Lipinski definition) is 0. The van der Waals surface area contributed by atoms with Crippen molar-refractivity contribution >= 4 is 15.9 Å². The first-order valence-electron chi connectivity index (χ1n) is 5.86. The van der Waals surface area contributed by atoms with Gasteiger partial charge in [-0.25, -0.2) is 0 Å². The Labute approximate surface area is 112 Å². The van der Waals surface area contributed by atoms with E-state index >= 15 is 0 Å². The molecule has 2 aromatic carbocycles. The van der Waals surface area contributed by atoms with Crippen LogP contribution in [-0.4, -0.2) is 0 Å². The summed E-state index contributed by atoms with van der Waals surface area (Å²) in [5.74, 6) is 0. The normalized spacial score (nSPS) is 12.5. The molecule has 0 saturated heterocycles. The minimum absolute atomic E-state index is 0.281. The summed E-state index contributed by atoms with van der Waals surface area (Å²) >= 11 is 3.80. The maximum absolute atomic E-state index is 3.80. The highest BCUT2D eigenvalue weighted by Gasteiger charge is 2.12. The van der Waals surface area contributed by atoms with Crippen molar-refractivity contribution in [2.24, 2.45) is 0 Å². The van der Waals surface area contributed by atoms with Gasteiger partial charge in [-0.05, 0) is 43.0 Å². The predicted octanol–water partition coefficient (Wildman–Crippen LogP) is 5.10. The second kappa shape index (κ2) is 5.05. The minimum atomic E-state index is 0.281. The van der Waals surface area contributed by atoms with E-state index in [-0.39, 0.29) is 4.83 Å². The molecule has 88 valence electrons. The van der Waals surface area contributed by atoms with Crippen molar-refractivity contribution in [2.45, 2.75) is 25.6 Å². The van der Waals surface area contributed by atoms with Gasteiger partial charge in [-0.3, -0.25) is 0 Å². The second-order valence-corrected chi connectivity index (χ2v) is 5.48. The first kappa shape index (κ1) is 12.4. The van der Waals surface area contributed by atoms with Gasteiger partial charge in [0, 0.05) is 0 Å². The summed E-state index contributed by atoms with van der Waals surface area (Å²) in [5, 5.41) is 0. The van der Waals surface area contributed by atoms with Gasteiger partial charge in [0.1, 0.15) is 0 Å². The molecule has 0 N–H and O–H groups in total. The lowest BCUT2D eigenvalue weighted by molar-refractivity contribution is 1.12. The molecule has 2 rings (SSSR count). The van der Waals surface area contributed by atoms with E-state index in [1.807, 2.05) is 0 Å². The van der Waals surface area contributed by atoms with E-state index in [1.165, 1.54) is 27.8 Å². The van der Waals surface area contributed by atoms with Gasteiger partial charge in [0.05, 0.1) is 4.83 Å². The average Bonchev–Trinajstić information content (AvgIpc) is 2.33. The molecular formula is C16H17Br. The van der Waals surface area contributed by atoms with Gasteiger partial charge in [0.15, 0.2) is 0 Å². The fourth-order valence-electron chi connectivity index (χ4n) is 1.96. The zero-order chi connectivity index (χ0) is 12.4. The third-order valence-corrected chi connectivity index (χ3v) is 4.31. The molecule has 0 saturated carbocycles. The minimum Gasteiger partial charge on any atom is -0.0786 e. The number of aryl methyl sites for hydroxylation is 2. The van der Waals surface area contributed by atoms with Crippen molar-refractivity contribution in [1.29, 1.82) is 0 Å². The molecule has 0 radical (unpaired) electrons. The van der Waals surface area contributed by atoms with Crippen LogP contribution in [0.5, 0.6) is 0 Å². The summed E-state index contributed by atoms with van der Waals surface area (Å²) in [6, 6.07) is 15.2. The molecule has 2 aromatic rings. The summed E-state index contributed by atoms with van der Waals surface area (Å²) in [6.07, 6.45) is 0. The van der Waals surface area contributed by atoms with Gasteiger partial charge in [-0.15, -0.1) is 0 Å². The maximum Gasteiger partial charge on any atom is 0.0647 e. The summed E-state index contributed by atoms with van der Waals surface area (Å²) in [5.41, 5.74) is 6.68. The summed E-state index contributed by atoms with van der Waals surface area (Å²) < 4.78 is 0. The van der Waals surface area contributed by atoms with E-state index in [4.69, 9.17) is 0 Å². The second-order valence-electron chi connectivity index (χ2n) is 4.56. The molecule has 1 heteroatoms. The lowest BCUT2D eigenvalue weighted by Gasteiger charge is -2.15. The van der Waals surface area contributed by atoms with Crippen LogP contribution in [0.25, 0.3) is 0 Å². The standard InChI is InChI=1S/C16H17Br/c1-11-7-9-14(10-8-11)16(17)15-6-4-5-12(2)13(15)3/h4-10,16H,1-3H3. The lowest BCUT2D eigenvalue weighted by atomic mass is 9.97. The van der Waals surface area contributed by atoms with E-state index in [1.54, 1.807) is 0 Å². The van der Waals surface area contributed by atoms with E-state index in [2.05, 4.69) is 79.2 Å². The van der Waals surface area contributed by atoms with Crippen LogP contribution in [0.4, 0.5) is 0 Å². The van der Waals surface area contributed by atoms with Crippen LogP contribution in [0.15, 0.2) is 42.5 Å². The number of benzene rings is 2. The summed E-state index contributed by atoms with van der Waals surface area (Å²) in [4.78, 5) is 0.281. The Morgan fingerprint density at radius 1 is 0.882 bits per heavy atom. The predicted molar refractivity (Wildman–Crippen MR) is 77.9 cm³/mol. The molecule has 0 amide bonds. The first-order chi connectivity index (χ1) is 8.09. The van der Waals surface area contributed by atoms with Crippen LogP contribution < -0.4 is 0 Å². The quantitative estimate of drug-likeness (QED) is 0.675. The average molecular weight is 289 g/mol. The SMILES string of the molecule is Cc1ccc(C(Br)c2cccc(C)c2C)cc1. The molecule has 0 heterocycles. The molecule has 1 unspecified atom stereocenters. The van der Waals surface area contributed by atoms with Crippen LogP contribution in [0, 0.1) is 20.8 Å². The molecule has 0 nitrogen and oxygen atoms in total. The van der Waals surface area contributed by atoms with Crippen molar-refractivity contribution in [3.8, 4) is 0 Å². The molecule has 0 aliphatic carbocycles. The van der Waals surface area contributed by atoms with Crippen molar-refractivity contribution in [3.05, 3.63) is 70.3 Å². The Hall–Kier alpha value is -1.08. The van der Waals surface area contributed by atoms with Gasteiger partial charge in [0.25, 0.3) is 0 Å². The summed E-state index contributed by atoms with van der Waals surface area (Å²) in [7, 11) is 0. The highest BCUT2D eigenvalue weighted by atomic mass is 79.9. The van der Waals surface area contributed by atoms with Crippen LogP contribution in [0.2, 0.25) is 0 Å². The molecule has 0 aliphatic heterocycles. The van der Waals surface area contributed by atoms with Crippen LogP contribution in [0.3, 0.4) is 0 Å². The zero-order valence-electron chi connectivity index (χ0n) is 10.5. The fourth-order valence-corrected chi connectivity index (χ4v) is 2.76. The first-order valence-corrected chi connectivity index (χ1v) is 6.78. The highest BCUT2D eigenvalue weighted by Crippen LogP contribution is 2.33. The maximum atomic E-state index is 3.80. The lowest BCUT2D eigenvalue weighted by Crippen LogP contribution is -1.97. The van der Waals surface area contributed by atoms with E-state index in [0.717, 1.165) is 0 Å². The smallest absolute Gasteiger partial charge is 0.0647 e. The van der Waals surface area contributed by atoms with Crippen molar-refractivity contribution in [1.82, 2.24) is 0 Å². The molecule has 0 aliphatic rings. The van der Waals surface area contributed by atoms with E-state index < -0.39 is 0 Å². The van der Waals surface area contributed by atoms with E-state index in [9.17, 15) is 0 Å². The molecule has 0 bridgehead atoms. The van der Waals surface area contributed by atoms with Gasteiger partial charge in [-0.2, -0.15) is 0 Å². The van der Waals surface area contributed by atoms with Crippen LogP contribution in [-0.2, 0) is 0 Å². The number of hydrogen-bond donors (Lipinski definition) is 0. The molecule has 1 atom stereocenters. The Kier molecular flexibility index (Phi) is 3.68. The number of alkyl halides is 1. The highest BCUT2D eigenvalue weighted by molar-refractivity contribution is 9.09. The van der Waals surface area contributed by atoms with E-state index in [0.29, 0.717) is 0 Å². The van der Waals surface area contributed by atoms with Gasteiger partial charge >= 0.3 is 0 Å². The third-order valence-electron chi connectivity index (χ3n) is 3.29. The molecule has 0 aromatic heterocycles. The number of rotatable bonds is 2. The molecule has 0 fully saturated rings. The van der Waals surface area contributed by atoms with Crippen LogP contribution >= 0.6 is 15.9 Å². The molecular weight excluding hydrogens is 272 g/mol. The fraction of sp³-hybridized carbons (Fsp3) is 0.250. The van der Waals surface area contributed by atoms with Gasteiger partial charge in [-0.1, -0.05) is 64.0 Å². The molecule has 17 heavy (non-hydrogen) atoms. The Morgan fingerprint density at radius 2 is 1.53 bits per heavy atom. The van der Waals surface area contributed by atoms with Crippen molar-refractivity contribution in [2.75, 3.05) is 0 Å². The Morgan fingerprint density at radius 3 is 2.18 bits per heavy atom. The number of halogens is 1. The van der Waals surface area contributed by atoms with Crippen molar-refractivity contribution < 1.29 is 0 Å². The topological polar surface area (TPSA) is 0 Å². The van der Waals surface area contributed by atoms with Gasteiger partial charge in [0.2, 0.25) is 0 Å². The summed E-state index contributed by atoms with van der Waals surface area (Å²) in [6.45, 7) is 6.46. The zero-order valence-corrected chi connectivity index (χ0v) is 12.1.